The number of carbonyl (C=O) groups excluding carboxylic acids is 1. The first-order chi connectivity index (χ1) is 8.37. The Balaban J connectivity index is 2.47. The van der Waals surface area contributed by atoms with Gasteiger partial charge in [0.15, 0.2) is 0 Å². The van der Waals surface area contributed by atoms with Crippen molar-refractivity contribution >= 4 is 12.0 Å². The third kappa shape index (κ3) is 3.15. The minimum absolute atomic E-state index is 0.103. The van der Waals surface area contributed by atoms with E-state index in [-0.39, 0.29) is 18.1 Å². The lowest BCUT2D eigenvalue weighted by molar-refractivity contribution is -0.149. The van der Waals surface area contributed by atoms with Crippen LogP contribution in [0, 0.1) is 5.41 Å². The zero-order valence-electron chi connectivity index (χ0n) is 11.5. The lowest BCUT2D eigenvalue weighted by atomic mass is 9.78. The first-order valence-electron chi connectivity index (χ1n) is 6.67. The molecule has 0 saturated heterocycles. The SMILES string of the molecule is CCC(CC)(CNC(=O)NC1(C)CCC1)C(=O)O. The van der Waals surface area contributed by atoms with Gasteiger partial charge < -0.3 is 15.7 Å². The number of hydrogen-bond acceptors (Lipinski definition) is 2. The summed E-state index contributed by atoms with van der Waals surface area (Å²) in [6.07, 6.45) is 4.14. The van der Waals surface area contributed by atoms with Crippen LogP contribution < -0.4 is 10.6 Å². The highest BCUT2D eigenvalue weighted by molar-refractivity contribution is 5.78. The Bertz CT molecular complexity index is 320. The van der Waals surface area contributed by atoms with Crippen LogP contribution in [-0.4, -0.2) is 29.2 Å². The minimum Gasteiger partial charge on any atom is -0.481 e. The molecule has 0 bridgehead atoms. The van der Waals surface area contributed by atoms with Crippen LogP contribution in [0.2, 0.25) is 0 Å². The van der Waals surface area contributed by atoms with Gasteiger partial charge in [-0.3, -0.25) is 4.79 Å². The van der Waals surface area contributed by atoms with E-state index in [2.05, 4.69) is 10.6 Å². The number of amides is 2. The predicted molar refractivity (Wildman–Crippen MR) is 69.4 cm³/mol. The molecule has 1 aliphatic rings. The molecule has 104 valence electrons. The number of carbonyl (C=O) groups is 2. The molecule has 0 heterocycles. The lowest BCUT2D eigenvalue weighted by Gasteiger charge is -2.39. The van der Waals surface area contributed by atoms with Crippen molar-refractivity contribution in [3.63, 3.8) is 0 Å². The number of urea groups is 1. The molecule has 0 unspecified atom stereocenters. The molecular weight excluding hydrogens is 232 g/mol. The van der Waals surface area contributed by atoms with Gasteiger partial charge in [-0.1, -0.05) is 13.8 Å². The van der Waals surface area contributed by atoms with E-state index in [4.69, 9.17) is 0 Å². The van der Waals surface area contributed by atoms with E-state index in [9.17, 15) is 14.7 Å². The highest BCUT2D eigenvalue weighted by atomic mass is 16.4. The summed E-state index contributed by atoms with van der Waals surface area (Å²) in [7, 11) is 0. The first-order valence-corrected chi connectivity index (χ1v) is 6.67. The molecule has 0 atom stereocenters. The van der Waals surface area contributed by atoms with E-state index in [1.807, 2.05) is 20.8 Å². The second-order valence-electron chi connectivity index (χ2n) is 5.51. The van der Waals surface area contributed by atoms with Gasteiger partial charge in [0.2, 0.25) is 0 Å². The number of carboxylic acid groups (broad SMARTS) is 1. The molecule has 0 radical (unpaired) electrons. The Morgan fingerprint density at radius 3 is 2.17 bits per heavy atom. The van der Waals surface area contributed by atoms with Gasteiger partial charge in [-0.05, 0) is 39.0 Å². The Hall–Kier alpha value is -1.26. The van der Waals surface area contributed by atoms with E-state index in [1.54, 1.807) is 0 Å². The number of nitrogens with one attached hydrogen (secondary N) is 2. The van der Waals surface area contributed by atoms with E-state index in [0.717, 1.165) is 19.3 Å². The summed E-state index contributed by atoms with van der Waals surface area (Å²) in [5.41, 5.74) is -0.952. The fraction of sp³-hybridized carbons (Fsp3) is 0.846. The maximum atomic E-state index is 11.7. The molecular formula is C13H24N2O3. The fourth-order valence-electron chi connectivity index (χ4n) is 2.28. The zero-order chi connectivity index (χ0) is 13.8. The number of rotatable bonds is 6. The normalized spacial score (nSPS) is 17.7. The quantitative estimate of drug-likeness (QED) is 0.681. The standard InChI is InChI=1S/C13H24N2O3/c1-4-13(5-2,10(16)17)9-14-11(18)15-12(3)7-6-8-12/h4-9H2,1-3H3,(H,16,17)(H2,14,15,18). The van der Waals surface area contributed by atoms with Crippen molar-refractivity contribution in [1.29, 1.82) is 0 Å². The molecule has 5 nitrogen and oxygen atoms in total. The second-order valence-corrected chi connectivity index (χ2v) is 5.51. The summed E-state index contributed by atoms with van der Waals surface area (Å²) < 4.78 is 0. The highest BCUT2D eigenvalue weighted by Crippen LogP contribution is 2.31. The first kappa shape index (κ1) is 14.8. The number of carboxylic acids is 1. The van der Waals surface area contributed by atoms with Crippen molar-refractivity contribution < 1.29 is 14.7 Å². The van der Waals surface area contributed by atoms with Gasteiger partial charge in [0.25, 0.3) is 0 Å². The molecule has 1 aliphatic carbocycles. The molecule has 0 aromatic carbocycles. The van der Waals surface area contributed by atoms with Crippen molar-refractivity contribution in [1.82, 2.24) is 10.6 Å². The van der Waals surface area contributed by atoms with Crippen molar-refractivity contribution in [2.75, 3.05) is 6.54 Å². The van der Waals surface area contributed by atoms with Gasteiger partial charge in [-0.2, -0.15) is 0 Å². The topological polar surface area (TPSA) is 78.4 Å². The van der Waals surface area contributed by atoms with E-state index in [0.29, 0.717) is 12.8 Å². The molecule has 0 aromatic rings. The van der Waals surface area contributed by atoms with E-state index >= 15 is 0 Å². The molecule has 0 aliphatic heterocycles. The molecule has 1 fully saturated rings. The molecule has 18 heavy (non-hydrogen) atoms. The fourth-order valence-corrected chi connectivity index (χ4v) is 2.28. The van der Waals surface area contributed by atoms with Gasteiger partial charge in [-0.25, -0.2) is 4.79 Å². The van der Waals surface area contributed by atoms with Gasteiger partial charge in [0.1, 0.15) is 0 Å². The Morgan fingerprint density at radius 2 is 1.83 bits per heavy atom. The number of aliphatic carboxylic acids is 1. The third-order valence-corrected chi connectivity index (χ3v) is 4.27. The average molecular weight is 256 g/mol. The van der Waals surface area contributed by atoms with Crippen LogP contribution in [0.3, 0.4) is 0 Å². The molecule has 0 spiro atoms. The van der Waals surface area contributed by atoms with Crippen LogP contribution in [0.1, 0.15) is 52.9 Å². The van der Waals surface area contributed by atoms with Crippen LogP contribution in [0.25, 0.3) is 0 Å². The minimum atomic E-state index is -0.849. The Labute approximate surface area is 108 Å². The molecule has 3 N–H and O–H groups in total. The van der Waals surface area contributed by atoms with Crippen molar-refractivity contribution in [3.8, 4) is 0 Å². The highest BCUT2D eigenvalue weighted by Gasteiger charge is 2.37. The third-order valence-electron chi connectivity index (χ3n) is 4.27. The summed E-state index contributed by atoms with van der Waals surface area (Å²) in [6.45, 7) is 5.87. The van der Waals surface area contributed by atoms with Crippen LogP contribution in [0.15, 0.2) is 0 Å². The largest absolute Gasteiger partial charge is 0.481 e. The molecule has 5 heteroatoms. The second kappa shape index (κ2) is 5.59. The Morgan fingerprint density at radius 1 is 1.28 bits per heavy atom. The molecule has 2 amide bonds. The van der Waals surface area contributed by atoms with Gasteiger partial charge in [-0.15, -0.1) is 0 Å². The van der Waals surface area contributed by atoms with Gasteiger partial charge in [0.05, 0.1) is 5.41 Å². The summed E-state index contributed by atoms with van der Waals surface area (Å²) in [6, 6.07) is -0.260. The average Bonchev–Trinajstić information content (AvgIpc) is 2.28. The lowest BCUT2D eigenvalue weighted by Crippen LogP contribution is -2.55. The predicted octanol–water partition coefficient (Wildman–Crippen LogP) is 2.12. The maximum Gasteiger partial charge on any atom is 0.315 e. The maximum absolute atomic E-state index is 11.7. The summed E-state index contributed by atoms with van der Waals surface area (Å²) >= 11 is 0. The van der Waals surface area contributed by atoms with E-state index in [1.165, 1.54) is 0 Å². The van der Waals surface area contributed by atoms with Crippen LogP contribution in [0.5, 0.6) is 0 Å². The summed E-state index contributed by atoms with van der Waals surface area (Å²) in [5, 5.41) is 14.9. The number of hydrogen-bond donors (Lipinski definition) is 3. The molecule has 0 aromatic heterocycles. The summed E-state index contributed by atoms with van der Waals surface area (Å²) in [5.74, 6) is -0.845. The van der Waals surface area contributed by atoms with Gasteiger partial charge >= 0.3 is 12.0 Å². The molecule has 1 rings (SSSR count). The monoisotopic (exact) mass is 256 g/mol. The molecule has 1 saturated carbocycles. The smallest absolute Gasteiger partial charge is 0.315 e. The zero-order valence-corrected chi connectivity index (χ0v) is 11.5. The van der Waals surface area contributed by atoms with Crippen molar-refractivity contribution in [3.05, 3.63) is 0 Å². The van der Waals surface area contributed by atoms with Crippen LogP contribution >= 0.6 is 0 Å². The van der Waals surface area contributed by atoms with Crippen molar-refractivity contribution in [2.24, 2.45) is 5.41 Å². The van der Waals surface area contributed by atoms with Gasteiger partial charge in [0, 0.05) is 12.1 Å². The van der Waals surface area contributed by atoms with E-state index < -0.39 is 11.4 Å². The van der Waals surface area contributed by atoms with Crippen LogP contribution in [0.4, 0.5) is 4.79 Å². The van der Waals surface area contributed by atoms with Crippen molar-refractivity contribution in [2.45, 2.75) is 58.4 Å². The Kier molecular flexibility index (Phi) is 4.59. The van der Waals surface area contributed by atoms with Crippen LogP contribution in [-0.2, 0) is 4.79 Å². The summed E-state index contributed by atoms with van der Waals surface area (Å²) in [4.78, 5) is 23.0.